The van der Waals surface area contributed by atoms with E-state index in [1.165, 1.54) is 0 Å². The van der Waals surface area contributed by atoms with Gasteiger partial charge >= 0.3 is 0 Å². The molecule has 0 bridgehead atoms. The van der Waals surface area contributed by atoms with Gasteiger partial charge in [0.05, 0.1) is 19.8 Å². The van der Waals surface area contributed by atoms with Crippen molar-refractivity contribution in [1.29, 1.82) is 0 Å². The SMILES string of the molecule is COc1ccc(C(=O)C(C)N(C)C(C)(C)CO)cc1. The van der Waals surface area contributed by atoms with Crippen LogP contribution >= 0.6 is 0 Å². The minimum absolute atomic E-state index is 0.00370. The lowest BCUT2D eigenvalue weighted by Gasteiger charge is -2.37. The van der Waals surface area contributed by atoms with Crippen LogP contribution in [0.25, 0.3) is 0 Å². The van der Waals surface area contributed by atoms with Crippen LogP contribution in [0.3, 0.4) is 0 Å². The molecule has 0 aliphatic rings. The molecule has 0 aromatic heterocycles. The van der Waals surface area contributed by atoms with E-state index in [0.717, 1.165) is 5.75 Å². The van der Waals surface area contributed by atoms with E-state index in [-0.39, 0.29) is 18.4 Å². The summed E-state index contributed by atoms with van der Waals surface area (Å²) in [5, 5.41) is 9.36. The van der Waals surface area contributed by atoms with Crippen LogP contribution in [-0.4, -0.2) is 48.1 Å². The zero-order chi connectivity index (χ0) is 14.6. The van der Waals surface area contributed by atoms with Crippen LogP contribution in [0.1, 0.15) is 31.1 Å². The van der Waals surface area contributed by atoms with Crippen molar-refractivity contribution in [3.8, 4) is 5.75 Å². The Morgan fingerprint density at radius 3 is 2.32 bits per heavy atom. The number of aliphatic hydroxyl groups excluding tert-OH is 1. The van der Waals surface area contributed by atoms with Crippen molar-refractivity contribution < 1.29 is 14.6 Å². The number of hydrogen-bond acceptors (Lipinski definition) is 4. The number of Topliss-reactive ketones (excluding diaryl/α,β-unsaturated/α-hetero) is 1. The molecular formula is C15H23NO3. The molecule has 0 saturated carbocycles. The number of carbonyl (C=O) groups excluding carboxylic acids is 1. The molecule has 4 nitrogen and oxygen atoms in total. The highest BCUT2D eigenvalue weighted by Gasteiger charge is 2.30. The van der Waals surface area contributed by atoms with Crippen molar-refractivity contribution in [1.82, 2.24) is 4.90 Å². The molecule has 0 saturated heterocycles. The standard InChI is InChI=1S/C15H23NO3/c1-11(16(4)15(2,3)10-17)14(18)12-6-8-13(19-5)9-7-12/h6-9,11,17H,10H2,1-5H3. The summed E-state index contributed by atoms with van der Waals surface area (Å²) in [4.78, 5) is 14.3. The number of likely N-dealkylation sites (N-methyl/N-ethyl adjacent to an activating group) is 1. The van der Waals surface area contributed by atoms with Crippen molar-refractivity contribution in [2.45, 2.75) is 32.4 Å². The molecule has 0 aliphatic carbocycles. The molecule has 0 amide bonds. The van der Waals surface area contributed by atoms with E-state index >= 15 is 0 Å². The number of ketones is 1. The topological polar surface area (TPSA) is 49.8 Å². The maximum atomic E-state index is 12.4. The molecule has 1 atom stereocenters. The number of methoxy groups -OCH3 is 1. The summed E-state index contributed by atoms with van der Waals surface area (Å²) < 4.78 is 5.07. The highest BCUT2D eigenvalue weighted by atomic mass is 16.5. The van der Waals surface area contributed by atoms with Crippen LogP contribution in [0.5, 0.6) is 5.75 Å². The number of carbonyl (C=O) groups is 1. The normalized spacial score (nSPS) is 13.4. The van der Waals surface area contributed by atoms with Gasteiger partial charge in [0.2, 0.25) is 0 Å². The Hall–Kier alpha value is -1.39. The molecule has 1 unspecified atom stereocenters. The van der Waals surface area contributed by atoms with Crippen LogP contribution in [0.15, 0.2) is 24.3 Å². The number of benzene rings is 1. The van der Waals surface area contributed by atoms with Gasteiger partial charge in [-0.15, -0.1) is 0 Å². The molecule has 0 fully saturated rings. The quantitative estimate of drug-likeness (QED) is 0.799. The summed E-state index contributed by atoms with van der Waals surface area (Å²) >= 11 is 0. The number of aliphatic hydroxyl groups is 1. The fourth-order valence-electron chi connectivity index (χ4n) is 1.81. The third-order valence-electron chi connectivity index (χ3n) is 3.68. The van der Waals surface area contributed by atoms with Crippen LogP contribution in [0.4, 0.5) is 0 Å². The van der Waals surface area contributed by atoms with Gasteiger partial charge in [-0.25, -0.2) is 0 Å². The summed E-state index contributed by atoms with van der Waals surface area (Å²) in [6, 6.07) is 6.78. The first kappa shape index (κ1) is 15.7. The monoisotopic (exact) mass is 265 g/mol. The largest absolute Gasteiger partial charge is 0.497 e. The maximum absolute atomic E-state index is 12.4. The average molecular weight is 265 g/mol. The van der Waals surface area contributed by atoms with Crippen LogP contribution in [-0.2, 0) is 0 Å². The minimum atomic E-state index is -0.429. The predicted octanol–water partition coefficient (Wildman–Crippen LogP) is 1.97. The van der Waals surface area contributed by atoms with Gasteiger partial charge in [-0.1, -0.05) is 0 Å². The highest BCUT2D eigenvalue weighted by molar-refractivity contribution is 6.00. The predicted molar refractivity (Wildman–Crippen MR) is 75.7 cm³/mol. The minimum Gasteiger partial charge on any atom is -0.497 e. The van der Waals surface area contributed by atoms with E-state index in [2.05, 4.69) is 0 Å². The Labute approximate surface area is 115 Å². The molecular weight excluding hydrogens is 242 g/mol. The Bertz CT molecular complexity index is 426. The van der Waals surface area contributed by atoms with Gasteiger partial charge in [-0.3, -0.25) is 9.69 Å². The second-order valence-electron chi connectivity index (χ2n) is 5.35. The Morgan fingerprint density at radius 2 is 1.89 bits per heavy atom. The summed E-state index contributed by atoms with van der Waals surface area (Å²) in [7, 11) is 3.44. The zero-order valence-corrected chi connectivity index (χ0v) is 12.3. The molecule has 0 radical (unpaired) electrons. The van der Waals surface area contributed by atoms with Gasteiger partial charge in [-0.2, -0.15) is 0 Å². The molecule has 1 N–H and O–H groups in total. The first-order valence-corrected chi connectivity index (χ1v) is 6.35. The van der Waals surface area contributed by atoms with E-state index in [0.29, 0.717) is 5.56 Å². The molecule has 1 rings (SSSR count). The fraction of sp³-hybridized carbons (Fsp3) is 0.533. The lowest BCUT2D eigenvalue weighted by Crippen LogP contribution is -2.51. The number of ether oxygens (including phenoxy) is 1. The summed E-state index contributed by atoms with van der Waals surface area (Å²) in [5.74, 6) is 0.764. The van der Waals surface area contributed by atoms with Gasteiger partial charge in [0.25, 0.3) is 0 Å². The van der Waals surface area contributed by atoms with E-state index < -0.39 is 5.54 Å². The lowest BCUT2D eigenvalue weighted by molar-refractivity contribution is 0.0438. The molecule has 1 aromatic rings. The van der Waals surface area contributed by atoms with E-state index in [4.69, 9.17) is 4.74 Å². The van der Waals surface area contributed by atoms with E-state index in [1.54, 1.807) is 31.4 Å². The van der Waals surface area contributed by atoms with Gasteiger partial charge in [0.15, 0.2) is 5.78 Å². The highest BCUT2D eigenvalue weighted by Crippen LogP contribution is 2.19. The fourth-order valence-corrected chi connectivity index (χ4v) is 1.81. The van der Waals surface area contributed by atoms with Crippen molar-refractivity contribution in [3.63, 3.8) is 0 Å². The molecule has 0 aliphatic heterocycles. The second-order valence-corrected chi connectivity index (χ2v) is 5.35. The molecule has 106 valence electrons. The zero-order valence-electron chi connectivity index (χ0n) is 12.3. The number of hydrogen-bond donors (Lipinski definition) is 1. The third-order valence-corrected chi connectivity index (χ3v) is 3.68. The van der Waals surface area contributed by atoms with E-state index in [9.17, 15) is 9.90 Å². The first-order valence-electron chi connectivity index (χ1n) is 6.35. The molecule has 19 heavy (non-hydrogen) atoms. The van der Waals surface area contributed by atoms with Crippen LogP contribution in [0, 0.1) is 0 Å². The van der Waals surface area contributed by atoms with Crippen molar-refractivity contribution in [2.24, 2.45) is 0 Å². The van der Waals surface area contributed by atoms with Crippen molar-refractivity contribution in [3.05, 3.63) is 29.8 Å². The van der Waals surface area contributed by atoms with Gasteiger partial charge in [-0.05, 0) is 52.1 Å². The Kier molecular flexibility index (Phi) is 5.09. The van der Waals surface area contributed by atoms with E-state index in [1.807, 2.05) is 32.7 Å². The number of nitrogens with zero attached hydrogens (tertiary/aromatic N) is 1. The molecule has 0 heterocycles. The lowest BCUT2D eigenvalue weighted by atomic mass is 9.98. The summed E-state index contributed by atoms with van der Waals surface area (Å²) in [6.07, 6.45) is 0. The third kappa shape index (κ3) is 3.55. The Morgan fingerprint density at radius 1 is 1.37 bits per heavy atom. The second kappa shape index (κ2) is 6.17. The molecule has 4 heteroatoms. The molecule has 0 spiro atoms. The summed E-state index contributed by atoms with van der Waals surface area (Å²) in [6.45, 7) is 5.67. The number of rotatable bonds is 6. The van der Waals surface area contributed by atoms with Gasteiger partial charge < -0.3 is 9.84 Å². The Balaban J connectivity index is 2.87. The first-order chi connectivity index (χ1) is 8.83. The smallest absolute Gasteiger partial charge is 0.179 e. The maximum Gasteiger partial charge on any atom is 0.179 e. The van der Waals surface area contributed by atoms with Crippen molar-refractivity contribution in [2.75, 3.05) is 20.8 Å². The van der Waals surface area contributed by atoms with Crippen LogP contribution in [0.2, 0.25) is 0 Å². The average Bonchev–Trinajstić information content (AvgIpc) is 2.44. The van der Waals surface area contributed by atoms with Crippen molar-refractivity contribution >= 4 is 5.78 Å². The van der Waals surface area contributed by atoms with Crippen LogP contribution < -0.4 is 4.74 Å². The molecule has 1 aromatic carbocycles. The van der Waals surface area contributed by atoms with Gasteiger partial charge in [0, 0.05) is 11.1 Å². The summed E-state index contributed by atoms with van der Waals surface area (Å²) in [5.41, 5.74) is 0.218. The van der Waals surface area contributed by atoms with Gasteiger partial charge in [0.1, 0.15) is 5.75 Å².